The average molecular weight is 307 g/mol. The summed E-state index contributed by atoms with van der Waals surface area (Å²) < 4.78 is 24.4. The minimum absolute atomic E-state index is 0.216. The van der Waals surface area contributed by atoms with E-state index in [1.165, 1.54) is 5.56 Å². The number of rotatable bonds is 5. The fraction of sp³-hybridized carbons (Fsp3) is 0.188. The number of alkyl halides is 2. The smallest absolute Gasteiger partial charge is 0.288 e. The number of anilines is 1. The predicted octanol–water partition coefficient (Wildman–Crippen LogP) is 4.82. The summed E-state index contributed by atoms with van der Waals surface area (Å²) >= 11 is 0.480. The lowest BCUT2D eigenvalue weighted by Gasteiger charge is -2.07. The lowest BCUT2D eigenvalue weighted by atomic mass is 10.1. The van der Waals surface area contributed by atoms with Gasteiger partial charge in [0.05, 0.1) is 0 Å². The van der Waals surface area contributed by atoms with Gasteiger partial charge >= 0.3 is 0 Å². The lowest BCUT2D eigenvalue weighted by molar-refractivity contribution is 0.102. The minimum atomic E-state index is -2.44. The molecule has 2 rings (SSSR count). The summed E-state index contributed by atoms with van der Waals surface area (Å²) in [4.78, 5) is 12.5. The van der Waals surface area contributed by atoms with Crippen LogP contribution in [0.15, 0.2) is 53.4 Å². The third-order valence-corrected chi connectivity index (χ3v) is 3.68. The Bertz CT molecular complexity index is 597. The van der Waals surface area contributed by atoms with E-state index in [2.05, 4.69) is 5.32 Å². The van der Waals surface area contributed by atoms with E-state index in [1.54, 1.807) is 36.4 Å². The number of nitrogens with one attached hydrogen (secondary N) is 1. The Kier molecular flexibility index (Phi) is 5.33. The SMILES string of the molecule is CCc1ccc(C(=O)Nc2ccc(SC(F)F)cc2)cc1. The van der Waals surface area contributed by atoms with Crippen LogP contribution in [0.1, 0.15) is 22.8 Å². The summed E-state index contributed by atoms with van der Waals surface area (Å²) in [5.74, 6) is -2.66. The molecule has 0 spiro atoms. The summed E-state index contributed by atoms with van der Waals surface area (Å²) in [6.45, 7) is 2.05. The zero-order chi connectivity index (χ0) is 15.2. The van der Waals surface area contributed by atoms with Gasteiger partial charge < -0.3 is 5.32 Å². The molecule has 0 unspecified atom stereocenters. The maximum Gasteiger partial charge on any atom is 0.288 e. The summed E-state index contributed by atoms with van der Waals surface area (Å²) in [5.41, 5.74) is 2.32. The molecule has 2 aromatic carbocycles. The Labute approximate surface area is 126 Å². The van der Waals surface area contributed by atoms with Gasteiger partial charge in [-0.15, -0.1) is 0 Å². The van der Waals surface area contributed by atoms with Gasteiger partial charge in [0.2, 0.25) is 0 Å². The number of hydrogen-bond donors (Lipinski definition) is 1. The highest BCUT2D eigenvalue weighted by molar-refractivity contribution is 7.99. The molecule has 2 nitrogen and oxygen atoms in total. The first kappa shape index (κ1) is 15.5. The van der Waals surface area contributed by atoms with Gasteiger partial charge in [0.1, 0.15) is 0 Å². The molecule has 1 N–H and O–H groups in total. The van der Waals surface area contributed by atoms with Crippen molar-refractivity contribution in [3.63, 3.8) is 0 Å². The summed E-state index contributed by atoms with van der Waals surface area (Å²) in [7, 11) is 0. The Balaban J connectivity index is 2.01. The van der Waals surface area contributed by atoms with Crippen molar-refractivity contribution in [1.29, 1.82) is 0 Å². The van der Waals surface area contributed by atoms with Crippen molar-refractivity contribution in [3.05, 3.63) is 59.7 Å². The van der Waals surface area contributed by atoms with Gasteiger partial charge in [-0.05, 0) is 48.4 Å². The van der Waals surface area contributed by atoms with Crippen LogP contribution in [0.25, 0.3) is 0 Å². The van der Waals surface area contributed by atoms with Gasteiger partial charge in [-0.2, -0.15) is 8.78 Å². The molecule has 0 aliphatic heterocycles. The maximum atomic E-state index is 12.2. The van der Waals surface area contributed by atoms with Crippen LogP contribution >= 0.6 is 11.8 Å². The molecule has 0 heterocycles. The van der Waals surface area contributed by atoms with Gasteiger partial charge in [0.15, 0.2) is 0 Å². The van der Waals surface area contributed by atoms with Crippen LogP contribution in [-0.4, -0.2) is 11.7 Å². The van der Waals surface area contributed by atoms with E-state index in [9.17, 15) is 13.6 Å². The van der Waals surface area contributed by atoms with Crippen LogP contribution in [0.2, 0.25) is 0 Å². The van der Waals surface area contributed by atoms with Crippen LogP contribution < -0.4 is 5.32 Å². The fourth-order valence-corrected chi connectivity index (χ4v) is 2.31. The van der Waals surface area contributed by atoms with Gasteiger partial charge in [0.25, 0.3) is 11.7 Å². The quantitative estimate of drug-likeness (QED) is 0.803. The van der Waals surface area contributed by atoms with E-state index in [4.69, 9.17) is 0 Å². The minimum Gasteiger partial charge on any atom is -0.322 e. The molecule has 0 aromatic heterocycles. The highest BCUT2D eigenvalue weighted by Gasteiger charge is 2.07. The first-order valence-electron chi connectivity index (χ1n) is 6.53. The Morgan fingerprint density at radius 1 is 1.10 bits per heavy atom. The average Bonchev–Trinajstić information content (AvgIpc) is 2.49. The van der Waals surface area contributed by atoms with Crippen molar-refractivity contribution in [3.8, 4) is 0 Å². The molecule has 0 radical (unpaired) electrons. The van der Waals surface area contributed by atoms with Crippen molar-refractivity contribution in [2.24, 2.45) is 0 Å². The van der Waals surface area contributed by atoms with E-state index < -0.39 is 5.76 Å². The second-order valence-electron chi connectivity index (χ2n) is 4.41. The molecule has 1 amide bonds. The van der Waals surface area contributed by atoms with E-state index in [1.807, 2.05) is 19.1 Å². The number of thioether (sulfide) groups is 1. The Morgan fingerprint density at radius 2 is 1.71 bits per heavy atom. The number of aryl methyl sites for hydroxylation is 1. The Morgan fingerprint density at radius 3 is 2.24 bits per heavy atom. The number of carbonyl (C=O) groups is 1. The molecule has 0 saturated carbocycles. The van der Waals surface area contributed by atoms with Crippen LogP contribution in [0.4, 0.5) is 14.5 Å². The van der Waals surface area contributed by atoms with Crippen molar-refractivity contribution >= 4 is 23.4 Å². The van der Waals surface area contributed by atoms with Crippen molar-refractivity contribution < 1.29 is 13.6 Å². The zero-order valence-electron chi connectivity index (χ0n) is 11.5. The number of amides is 1. The predicted molar refractivity (Wildman–Crippen MR) is 82.1 cm³/mol. The third kappa shape index (κ3) is 4.56. The van der Waals surface area contributed by atoms with E-state index in [0.29, 0.717) is 27.9 Å². The third-order valence-electron chi connectivity index (χ3n) is 2.96. The summed E-state index contributed by atoms with van der Waals surface area (Å²) in [5, 5.41) is 2.74. The lowest BCUT2D eigenvalue weighted by Crippen LogP contribution is -2.11. The van der Waals surface area contributed by atoms with E-state index in [0.717, 1.165) is 6.42 Å². The zero-order valence-corrected chi connectivity index (χ0v) is 12.3. The standard InChI is InChI=1S/C16H15F2NOS/c1-2-11-3-5-12(6-4-11)15(20)19-13-7-9-14(10-8-13)21-16(17)18/h3-10,16H,2H2,1H3,(H,19,20). The van der Waals surface area contributed by atoms with Gasteiger partial charge in [-0.1, -0.05) is 30.8 Å². The second-order valence-corrected chi connectivity index (χ2v) is 5.47. The molecule has 2 aromatic rings. The molecule has 110 valence electrons. The molecule has 0 aliphatic rings. The molecule has 0 bridgehead atoms. The monoisotopic (exact) mass is 307 g/mol. The molecular weight excluding hydrogens is 292 g/mol. The van der Waals surface area contributed by atoms with Gasteiger partial charge in [-0.3, -0.25) is 4.79 Å². The Hall–Kier alpha value is -1.88. The molecule has 0 aliphatic carbocycles. The highest BCUT2D eigenvalue weighted by atomic mass is 32.2. The van der Waals surface area contributed by atoms with Crippen molar-refractivity contribution in [2.75, 3.05) is 5.32 Å². The summed E-state index contributed by atoms with van der Waals surface area (Å²) in [6.07, 6.45) is 0.922. The largest absolute Gasteiger partial charge is 0.322 e. The molecule has 0 saturated heterocycles. The van der Waals surface area contributed by atoms with E-state index >= 15 is 0 Å². The maximum absolute atomic E-state index is 12.2. The highest BCUT2D eigenvalue weighted by Crippen LogP contribution is 2.26. The molecule has 0 fully saturated rings. The molecular formula is C16H15F2NOS. The van der Waals surface area contributed by atoms with Crippen molar-refractivity contribution in [1.82, 2.24) is 0 Å². The van der Waals surface area contributed by atoms with Crippen LogP contribution in [-0.2, 0) is 6.42 Å². The fourth-order valence-electron chi connectivity index (χ4n) is 1.81. The van der Waals surface area contributed by atoms with Gasteiger partial charge in [-0.25, -0.2) is 0 Å². The van der Waals surface area contributed by atoms with Crippen LogP contribution in [0.3, 0.4) is 0 Å². The number of halogens is 2. The topological polar surface area (TPSA) is 29.1 Å². The first-order valence-corrected chi connectivity index (χ1v) is 7.41. The molecule has 21 heavy (non-hydrogen) atoms. The first-order chi connectivity index (χ1) is 10.1. The number of carbonyl (C=O) groups excluding carboxylic acids is 1. The second kappa shape index (κ2) is 7.22. The number of benzene rings is 2. The molecule has 5 heteroatoms. The normalized spacial score (nSPS) is 10.7. The van der Waals surface area contributed by atoms with Crippen molar-refractivity contribution in [2.45, 2.75) is 24.0 Å². The molecule has 0 atom stereocenters. The van der Waals surface area contributed by atoms with E-state index in [-0.39, 0.29) is 5.91 Å². The summed E-state index contributed by atoms with van der Waals surface area (Å²) in [6, 6.07) is 13.7. The van der Waals surface area contributed by atoms with Gasteiger partial charge in [0, 0.05) is 16.1 Å². The van der Waals surface area contributed by atoms with Crippen LogP contribution in [0, 0.1) is 0 Å². The van der Waals surface area contributed by atoms with Crippen LogP contribution in [0.5, 0.6) is 0 Å². The number of hydrogen-bond acceptors (Lipinski definition) is 2.